The average molecular weight is 763 g/mol. The van der Waals surface area contributed by atoms with Gasteiger partial charge in [0.1, 0.15) is 23.6 Å². The minimum Gasteiger partial charge on any atom is -0.497 e. The molecule has 2 aromatic carbocycles. The molecular formula is C41H54N4O10. The fourth-order valence-electron chi connectivity index (χ4n) is 7.57. The van der Waals surface area contributed by atoms with E-state index in [4.69, 9.17) is 15.2 Å². The lowest BCUT2D eigenvalue weighted by Gasteiger charge is -2.34. The fourth-order valence-corrected chi connectivity index (χ4v) is 7.57. The minimum absolute atomic E-state index is 0.0265. The van der Waals surface area contributed by atoms with Crippen molar-refractivity contribution < 1.29 is 48.1 Å². The van der Waals surface area contributed by atoms with E-state index in [1.165, 1.54) is 31.3 Å². The van der Waals surface area contributed by atoms with Gasteiger partial charge in [0.05, 0.1) is 32.8 Å². The first-order valence-electron chi connectivity index (χ1n) is 19.1. The van der Waals surface area contributed by atoms with E-state index >= 15 is 0 Å². The number of nitrogens with two attached hydrogens (primary N) is 1. The van der Waals surface area contributed by atoms with Crippen molar-refractivity contribution in [2.45, 2.75) is 108 Å². The molecule has 0 spiro atoms. The molecular weight excluding hydrogens is 708 g/mol. The number of hydrogen-bond donors (Lipinski definition) is 4. The second-order valence-corrected chi connectivity index (χ2v) is 14.5. The summed E-state index contributed by atoms with van der Waals surface area (Å²) in [5.41, 5.74) is 6.66. The van der Waals surface area contributed by atoms with Gasteiger partial charge in [-0.2, -0.15) is 0 Å². The van der Waals surface area contributed by atoms with Crippen LogP contribution in [0.3, 0.4) is 0 Å². The highest BCUT2D eigenvalue weighted by Crippen LogP contribution is 2.31. The SMILES string of the molecule is CCCC(CC(=O)[C@@H]1C[C@@H](O)CN1C(=O)[C@@H](NC(=O)Cc1ccccc1)C1CCCCC1)C(=O)C(=O)CCC(=O)NC(C(N)=O)c1cc(OC)cc(OC)c1. The lowest BCUT2D eigenvalue weighted by Crippen LogP contribution is -2.55. The molecule has 0 bridgehead atoms. The van der Waals surface area contributed by atoms with E-state index in [9.17, 15) is 38.7 Å². The maximum absolute atomic E-state index is 14.2. The molecule has 14 heteroatoms. The third-order valence-electron chi connectivity index (χ3n) is 10.5. The van der Waals surface area contributed by atoms with Crippen LogP contribution in [0.2, 0.25) is 0 Å². The maximum Gasteiger partial charge on any atom is 0.246 e. The molecule has 1 aliphatic carbocycles. The van der Waals surface area contributed by atoms with Gasteiger partial charge in [-0.3, -0.25) is 33.6 Å². The molecule has 2 unspecified atom stereocenters. The maximum atomic E-state index is 14.2. The number of carbonyl (C=O) groups is 7. The Labute approximate surface area is 321 Å². The Morgan fingerprint density at radius 1 is 0.891 bits per heavy atom. The lowest BCUT2D eigenvalue weighted by molar-refractivity contribution is -0.144. The number of primary amides is 1. The summed E-state index contributed by atoms with van der Waals surface area (Å²) in [6.45, 7) is 1.71. The number of ether oxygens (including phenoxy) is 2. The molecule has 2 aromatic rings. The van der Waals surface area contributed by atoms with Crippen LogP contribution in [0.4, 0.5) is 0 Å². The van der Waals surface area contributed by atoms with Crippen LogP contribution in [0, 0.1) is 11.8 Å². The van der Waals surface area contributed by atoms with Crippen molar-refractivity contribution >= 4 is 41.0 Å². The van der Waals surface area contributed by atoms with Crippen LogP contribution >= 0.6 is 0 Å². The zero-order valence-corrected chi connectivity index (χ0v) is 31.9. The van der Waals surface area contributed by atoms with Gasteiger partial charge in [-0.25, -0.2) is 0 Å². The summed E-state index contributed by atoms with van der Waals surface area (Å²) in [5.74, 6) is -4.84. The van der Waals surface area contributed by atoms with Gasteiger partial charge < -0.3 is 35.8 Å². The summed E-state index contributed by atoms with van der Waals surface area (Å²) < 4.78 is 10.5. The number of likely N-dealkylation sites (tertiary alicyclic amines) is 1. The van der Waals surface area contributed by atoms with Gasteiger partial charge in [0, 0.05) is 44.2 Å². The lowest BCUT2D eigenvalue weighted by atomic mass is 9.83. The zero-order chi connectivity index (χ0) is 40.1. The Kier molecular flexibility index (Phi) is 15.9. The van der Waals surface area contributed by atoms with E-state index in [0.717, 1.165) is 37.7 Å². The van der Waals surface area contributed by atoms with Crippen LogP contribution in [0.5, 0.6) is 11.5 Å². The molecule has 2 aliphatic rings. The monoisotopic (exact) mass is 762 g/mol. The summed E-state index contributed by atoms with van der Waals surface area (Å²) >= 11 is 0. The molecule has 0 radical (unpaired) electrons. The second kappa shape index (κ2) is 20.5. The Balaban J connectivity index is 1.41. The summed E-state index contributed by atoms with van der Waals surface area (Å²) in [5, 5.41) is 16.1. The topological polar surface area (TPSA) is 211 Å². The van der Waals surface area contributed by atoms with Gasteiger partial charge >= 0.3 is 0 Å². The Morgan fingerprint density at radius 2 is 1.55 bits per heavy atom. The van der Waals surface area contributed by atoms with Crippen molar-refractivity contribution in [3.63, 3.8) is 0 Å². The highest BCUT2D eigenvalue weighted by atomic mass is 16.5. The van der Waals surface area contributed by atoms with Crippen molar-refractivity contribution in [1.82, 2.24) is 15.5 Å². The number of hydrogen-bond acceptors (Lipinski definition) is 10. The number of methoxy groups -OCH3 is 2. The van der Waals surface area contributed by atoms with E-state index < -0.39 is 78.1 Å². The van der Waals surface area contributed by atoms with E-state index in [1.54, 1.807) is 6.07 Å². The van der Waals surface area contributed by atoms with Crippen LogP contribution in [-0.4, -0.2) is 89.9 Å². The molecule has 298 valence electrons. The van der Waals surface area contributed by atoms with Gasteiger partial charge in [0.15, 0.2) is 11.6 Å². The highest BCUT2D eigenvalue weighted by Gasteiger charge is 2.44. The number of nitrogens with zero attached hydrogens (tertiary/aromatic N) is 1. The summed E-state index contributed by atoms with van der Waals surface area (Å²) in [7, 11) is 2.85. The Hall–Kier alpha value is -5.11. The molecule has 1 saturated heterocycles. The number of benzene rings is 2. The predicted molar refractivity (Wildman–Crippen MR) is 202 cm³/mol. The largest absolute Gasteiger partial charge is 0.497 e. The molecule has 1 heterocycles. The fraction of sp³-hybridized carbons (Fsp3) is 0.537. The van der Waals surface area contributed by atoms with E-state index in [2.05, 4.69) is 10.6 Å². The molecule has 5 atom stereocenters. The summed E-state index contributed by atoms with van der Waals surface area (Å²) in [4.78, 5) is 94.4. The predicted octanol–water partition coefficient (Wildman–Crippen LogP) is 2.91. The Bertz CT molecular complexity index is 1670. The Morgan fingerprint density at radius 3 is 2.15 bits per heavy atom. The van der Waals surface area contributed by atoms with Crippen molar-refractivity contribution in [2.24, 2.45) is 17.6 Å². The van der Waals surface area contributed by atoms with Crippen LogP contribution in [-0.2, 0) is 40.0 Å². The number of ketones is 3. The van der Waals surface area contributed by atoms with Crippen LogP contribution < -0.4 is 25.8 Å². The quantitative estimate of drug-likeness (QED) is 0.145. The number of Topliss-reactive ketones (excluding diaryl/α,β-unsaturated/α-hetero) is 3. The van der Waals surface area contributed by atoms with E-state index in [0.29, 0.717) is 23.5 Å². The number of amides is 4. The molecule has 1 aliphatic heterocycles. The smallest absolute Gasteiger partial charge is 0.246 e. The molecule has 4 amide bonds. The van der Waals surface area contributed by atoms with Crippen molar-refractivity contribution in [2.75, 3.05) is 20.8 Å². The van der Waals surface area contributed by atoms with Gasteiger partial charge in [0.2, 0.25) is 29.4 Å². The van der Waals surface area contributed by atoms with Gasteiger partial charge in [0.25, 0.3) is 0 Å². The molecule has 1 saturated carbocycles. The normalized spacial score (nSPS) is 18.7. The van der Waals surface area contributed by atoms with Crippen molar-refractivity contribution in [1.29, 1.82) is 0 Å². The number of aliphatic hydroxyl groups is 1. The summed E-state index contributed by atoms with van der Waals surface area (Å²) in [6.07, 6.45) is 2.89. The molecule has 4 rings (SSSR count). The first-order chi connectivity index (χ1) is 26.3. The number of nitrogens with one attached hydrogen (secondary N) is 2. The highest BCUT2D eigenvalue weighted by molar-refractivity contribution is 6.38. The second-order valence-electron chi connectivity index (χ2n) is 14.5. The molecule has 2 fully saturated rings. The standard InChI is InChI=1S/C41H54N4O10/c1-4-11-27(39(51)33(47)16-17-35(49)43-37(40(42)52)28-19-30(54-2)23-31(20-28)55-3)21-34(48)32-22-29(46)24-45(32)41(53)38(26-14-9-6-10-15-26)44-36(50)18-25-12-7-5-8-13-25/h5,7-8,12-13,19-20,23,26-27,29,32,37-38,46H,4,6,9-11,14-18,21-22,24H2,1-3H3,(H2,42,52)(H,43,49)(H,44,50)/t27?,29-,32+,37?,38+/m1/s1. The van der Waals surface area contributed by atoms with Crippen LogP contribution in [0.1, 0.15) is 94.7 Å². The van der Waals surface area contributed by atoms with Gasteiger partial charge in [-0.15, -0.1) is 0 Å². The van der Waals surface area contributed by atoms with Crippen LogP contribution in [0.15, 0.2) is 48.5 Å². The number of β-amino-alcohol motifs (C(OH)–C–C–N with tert-alkyl or cyclic N) is 1. The van der Waals surface area contributed by atoms with E-state index in [1.807, 2.05) is 37.3 Å². The molecule has 0 aromatic heterocycles. The number of aliphatic hydroxyl groups excluding tert-OH is 1. The summed E-state index contributed by atoms with van der Waals surface area (Å²) in [6, 6.07) is 10.6. The third kappa shape index (κ3) is 11.9. The minimum atomic E-state index is -1.27. The van der Waals surface area contributed by atoms with Gasteiger partial charge in [-0.05, 0) is 48.4 Å². The third-order valence-corrected chi connectivity index (χ3v) is 10.5. The van der Waals surface area contributed by atoms with E-state index in [-0.39, 0.29) is 44.1 Å². The van der Waals surface area contributed by atoms with Crippen LogP contribution in [0.25, 0.3) is 0 Å². The number of carbonyl (C=O) groups excluding carboxylic acids is 7. The molecule has 14 nitrogen and oxygen atoms in total. The number of rotatable bonds is 20. The molecule has 55 heavy (non-hydrogen) atoms. The first kappa shape index (κ1) is 42.6. The van der Waals surface area contributed by atoms with Crippen molar-refractivity contribution in [3.05, 3.63) is 59.7 Å². The van der Waals surface area contributed by atoms with Crippen molar-refractivity contribution in [3.8, 4) is 11.5 Å². The molecule has 5 N–H and O–H groups in total. The van der Waals surface area contributed by atoms with Gasteiger partial charge in [-0.1, -0.05) is 62.9 Å². The zero-order valence-electron chi connectivity index (χ0n) is 31.9. The first-order valence-corrected chi connectivity index (χ1v) is 19.1. The average Bonchev–Trinajstić information content (AvgIpc) is 3.59.